The zero-order valence-corrected chi connectivity index (χ0v) is 10.7. The van der Waals surface area contributed by atoms with Crippen molar-refractivity contribution in [1.29, 1.82) is 0 Å². The van der Waals surface area contributed by atoms with Crippen LogP contribution in [-0.2, 0) is 6.18 Å². The summed E-state index contributed by atoms with van der Waals surface area (Å²) in [6.45, 7) is 1.90. The molecule has 20 heavy (non-hydrogen) atoms. The van der Waals surface area contributed by atoms with Crippen LogP contribution in [-0.4, -0.2) is 0 Å². The molecule has 0 bridgehead atoms. The highest BCUT2D eigenvalue weighted by atomic mass is 19.4. The predicted octanol–water partition coefficient (Wildman–Crippen LogP) is 4.20. The second-order valence-electron chi connectivity index (χ2n) is 4.63. The van der Waals surface area contributed by atoms with Gasteiger partial charge in [-0.05, 0) is 30.2 Å². The summed E-state index contributed by atoms with van der Waals surface area (Å²) in [5.41, 5.74) is 6.57. The van der Waals surface area contributed by atoms with Gasteiger partial charge in [0.05, 0.1) is 11.6 Å². The quantitative estimate of drug-likeness (QED) is 0.821. The van der Waals surface area contributed by atoms with Gasteiger partial charge < -0.3 is 5.73 Å². The molecule has 0 amide bonds. The van der Waals surface area contributed by atoms with Crippen LogP contribution in [0.5, 0.6) is 0 Å². The van der Waals surface area contributed by atoms with Gasteiger partial charge in [-0.1, -0.05) is 35.9 Å². The van der Waals surface area contributed by atoms with Crippen molar-refractivity contribution in [2.24, 2.45) is 5.73 Å². The van der Waals surface area contributed by atoms with E-state index < -0.39 is 23.6 Å². The van der Waals surface area contributed by atoms with Gasteiger partial charge >= 0.3 is 6.18 Å². The molecule has 2 aromatic rings. The van der Waals surface area contributed by atoms with Gasteiger partial charge in [-0.3, -0.25) is 0 Å². The van der Waals surface area contributed by atoms with E-state index in [0.29, 0.717) is 5.56 Å². The first kappa shape index (κ1) is 14.5. The summed E-state index contributed by atoms with van der Waals surface area (Å²) >= 11 is 0. The Labute approximate surface area is 114 Å². The largest absolute Gasteiger partial charge is 0.419 e. The molecule has 2 rings (SSSR count). The highest BCUT2D eigenvalue weighted by Crippen LogP contribution is 2.33. The Morgan fingerprint density at radius 1 is 0.950 bits per heavy atom. The molecule has 0 radical (unpaired) electrons. The Morgan fingerprint density at radius 3 is 2.05 bits per heavy atom. The van der Waals surface area contributed by atoms with Crippen LogP contribution in [0.2, 0.25) is 0 Å². The summed E-state index contributed by atoms with van der Waals surface area (Å²) in [7, 11) is 0. The maximum atomic E-state index is 13.2. The number of nitrogens with two attached hydrogens (primary N) is 1. The van der Waals surface area contributed by atoms with Gasteiger partial charge in [0.25, 0.3) is 0 Å². The molecule has 0 spiro atoms. The van der Waals surface area contributed by atoms with Crippen LogP contribution in [0.15, 0.2) is 42.5 Å². The van der Waals surface area contributed by atoms with Crippen LogP contribution >= 0.6 is 0 Å². The van der Waals surface area contributed by atoms with Crippen molar-refractivity contribution in [2.75, 3.05) is 0 Å². The lowest BCUT2D eigenvalue weighted by atomic mass is 9.97. The maximum absolute atomic E-state index is 13.2. The fourth-order valence-corrected chi connectivity index (χ4v) is 1.92. The Morgan fingerprint density at radius 2 is 1.50 bits per heavy atom. The topological polar surface area (TPSA) is 26.0 Å². The molecule has 0 saturated carbocycles. The molecular formula is C15H13F4N. The zero-order chi connectivity index (χ0) is 14.9. The molecule has 0 heterocycles. The average Bonchev–Trinajstić information content (AvgIpc) is 2.38. The molecule has 0 aliphatic heterocycles. The van der Waals surface area contributed by atoms with Crippen LogP contribution in [0.4, 0.5) is 17.6 Å². The molecule has 0 aliphatic rings. The van der Waals surface area contributed by atoms with Gasteiger partial charge in [0, 0.05) is 0 Å². The van der Waals surface area contributed by atoms with Gasteiger partial charge in [-0.15, -0.1) is 0 Å². The summed E-state index contributed by atoms with van der Waals surface area (Å²) in [5.74, 6) is -1.29. The molecule has 1 nitrogen and oxygen atoms in total. The lowest BCUT2D eigenvalue weighted by molar-refractivity contribution is -0.140. The second kappa shape index (κ2) is 5.25. The van der Waals surface area contributed by atoms with Crippen molar-refractivity contribution in [3.63, 3.8) is 0 Å². The minimum Gasteiger partial charge on any atom is -0.320 e. The van der Waals surface area contributed by atoms with Crippen LogP contribution in [0.3, 0.4) is 0 Å². The molecule has 2 aromatic carbocycles. The van der Waals surface area contributed by atoms with Crippen molar-refractivity contribution in [2.45, 2.75) is 19.1 Å². The number of hydrogen-bond acceptors (Lipinski definition) is 1. The van der Waals surface area contributed by atoms with Gasteiger partial charge in [0.1, 0.15) is 5.82 Å². The molecule has 0 saturated heterocycles. The monoisotopic (exact) mass is 283 g/mol. The average molecular weight is 283 g/mol. The Bertz CT molecular complexity index is 602. The third kappa shape index (κ3) is 2.99. The van der Waals surface area contributed by atoms with Crippen molar-refractivity contribution in [3.8, 4) is 0 Å². The molecule has 2 N–H and O–H groups in total. The third-order valence-corrected chi connectivity index (χ3v) is 3.09. The Hall–Kier alpha value is -1.88. The fourth-order valence-electron chi connectivity index (χ4n) is 1.92. The van der Waals surface area contributed by atoms with Crippen molar-refractivity contribution in [1.82, 2.24) is 0 Å². The zero-order valence-electron chi connectivity index (χ0n) is 10.7. The molecule has 1 atom stereocenters. The Kier molecular flexibility index (Phi) is 3.81. The van der Waals surface area contributed by atoms with E-state index in [-0.39, 0.29) is 5.56 Å². The lowest BCUT2D eigenvalue weighted by Crippen LogP contribution is -2.15. The molecule has 0 aliphatic carbocycles. The maximum Gasteiger partial charge on any atom is 0.419 e. The fraction of sp³-hybridized carbons (Fsp3) is 0.200. The number of rotatable bonds is 2. The van der Waals surface area contributed by atoms with Crippen molar-refractivity contribution < 1.29 is 17.6 Å². The Balaban J connectivity index is 2.40. The number of aryl methyl sites for hydroxylation is 1. The summed E-state index contributed by atoms with van der Waals surface area (Å²) in [6.07, 6.45) is -4.73. The number of benzene rings is 2. The van der Waals surface area contributed by atoms with E-state index in [2.05, 4.69) is 0 Å². The van der Waals surface area contributed by atoms with Crippen LogP contribution in [0, 0.1) is 12.7 Å². The molecular weight excluding hydrogens is 270 g/mol. The predicted molar refractivity (Wildman–Crippen MR) is 68.6 cm³/mol. The minimum absolute atomic E-state index is 0.225. The first-order valence-electron chi connectivity index (χ1n) is 5.98. The van der Waals surface area contributed by atoms with E-state index >= 15 is 0 Å². The van der Waals surface area contributed by atoms with Gasteiger partial charge in [0.2, 0.25) is 0 Å². The van der Waals surface area contributed by atoms with Gasteiger partial charge in [-0.2, -0.15) is 13.2 Å². The highest BCUT2D eigenvalue weighted by molar-refractivity contribution is 5.36. The standard InChI is InChI=1S/C15H13F4N/c1-9-2-4-10(5-3-9)14(20)11-6-7-13(16)12(8-11)15(17,18)19/h2-8,14H,20H2,1H3. The van der Waals surface area contributed by atoms with E-state index in [9.17, 15) is 17.6 Å². The van der Waals surface area contributed by atoms with Gasteiger partial charge in [-0.25, -0.2) is 4.39 Å². The second-order valence-corrected chi connectivity index (χ2v) is 4.63. The van der Waals surface area contributed by atoms with E-state index in [1.165, 1.54) is 6.07 Å². The van der Waals surface area contributed by atoms with Crippen molar-refractivity contribution in [3.05, 3.63) is 70.5 Å². The minimum atomic E-state index is -4.73. The number of hydrogen-bond donors (Lipinski definition) is 1. The SMILES string of the molecule is Cc1ccc(C(N)c2ccc(F)c(C(F)(F)F)c2)cc1. The number of halogens is 4. The van der Waals surface area contributed by atoms with Crippen LogP contribution < -0.4 is 5.73 Å². The summed E-state index contributed by atoms with van der Waals surface area (Å²) in [5, 5.41) is 0. The summed E-state index contributed by atoms with van der Waals surface area (Å²) in [6, 6.07) is 9.25. The van der Waals surface area contributed by atoms with E-state index in [4.69, 9.17) is 5.73 Å². The van der Waals surface area contributed by atoms with E-state index in [1.54, 1.807) is 12.1 Å². The lowest BCUT2D eigenvalue weighted by Gasteiger charge is -2.15. The first-order chi connectivity index (χ1) is 9.29. The molecule has 1 unspecified atom stereocenters. The molecule has 0 fully saturated rings. The van der Waals surface area contributed by atoms with Gasteiger partial charge in [0.15, 0.2) is 0 Å². The molecule has 5 heteroatoms. The van der Waals surface area contributed by atoms with E-state index in [1.807, 2.05) is 19.1 Å². The first-order valence-corrected chi connectivity index (χ1v) is 5.98. The van der Waals surface area contributed by atoms with Crippen LogP contribution in [0.25, 0.3) is 0 Å². The normalized spacial score (nSPS) is 13.3. The highest BCUT2D eigenvalue weighted by Gasteiger charge is 2.34. The van der Waals surface area contributed by atoms with Crippen molar-refractivity contribution >= 4 is 0 Å². The van der Waals surface area contributed by atoms with E-state index in [0.717, 1.165) is 17.7 Å². The number of alkyl halides is 3. The third-order valence-electron chi connectivity index (χ3n) is 3.09. The smallest absolute Gasteiger partial charge is 0.320 e. The molecule has 106 valence electrons. The molecule has 0 aromatic heterocycles. The summed E-state index contributed by atoms with van der Waals surface area (Å²) < 4.78 is 51.2. The van der Waals surface area contributed by atoms with Crippen LogP contribution in [0.1, 0.15) is 28.3 Å². The summed E-state index contributed by atoms with van der Waals surface area (Å²) in [4.78, 5) is 0.